The molecule has 98 valence electrons. The van der Waals surface area contributed by atoms with Crippen LogP contribution in [0.15, 0.2) is 36.7 Å². The van der Waals surface area contributed by atoms with Crippen LogP contribution >= 0.6 is 0 Å². The minimum Gasteiger partial charge on any atom is -0.336 e. The van der Waals surface area contributed by atoms with Crippen molar-refractivity contribution in [2.75, 3.05) is 19.6 Å². The van der Waals surface area contributed by atoms with Gasteiger partial charge in [-0.25, -0.2) is 0 Å². The minimum atomic E-state index is 0.116. The van der Waals surface area contributed by atoms with E-state index in [1.54, 1.807) is 12.4 Å². The van der Waals surface area contributed by atoms with Gasteiger partial charge in [-0.05, 0) is 24.4 Å². The first kappa shape index (κ1) is 12.1. The van der Waals surface area contributed by atoms with Gasteiger partial charge in [-0.3, -0.25) is 9.78 Å². The van der Waals surface area contributed by atoms with E-state index < -0.39 is 0 Å². The maximum absolute atomic E-state index is 12.6. The van der Waals surface area contributed by atoms with Crippen LogP contribution in [-0.4, -0.2) is 41.5 Å². The van der Waals surface area contributed by atoms with Gasteiger partial charge in [-0.15, -0.1) is 0 Å². The van der Waals surface area contributed by atoms with Gasteiger partial charge < -0.3 is 10.2 Å². The normalized spacial score (nSPS) is 19.6. The van der Waals surface area contributed by atoms with Crippen molar-refractivity contribution in [2.45, 2.75) is 13.0 Å². The molecule has 2 heterocycles. The van der Waals surface area contributed by atoms with E-state index in [1.807, 2.05) is 29.2 Å². The number of rotatable bonds is 1. The van der Waals surface area contributed by atoms with Crippen LogP contribution < -0.4 is 5.32 Å². The second-order valence-electron chi connectivity index (χ2n) is 5.01. The lowest BCUT2D eigenvalue weighted by atomic mass is 10.0. The highest BCUT2D eigenvalue weighted by molar-refractivity contribution is 6.06. The summed E-state index contributed by atoms with van der Waals surface area (Å²) in [7, 11) is 0. The number of fused-ring (bicyclic) bond motifs is 1. The number of piperazine rings is 1. The molecule has 4 heteroatoms. The number of aromatic nitrogens is 1. The number of hydrogen-bond acceptors (Lipinski definition) is 3. The molecule has 1 amide bonds. The molecular weight excluding hydrogens is 238 g/mol. The molecule has 0 bridgehead atoms. The molecule has 19 heavy (non-hydrogen) atoms. The van der Waals surface area contributed by atoms with Gasteiger partial charge in [0.05, 0.1) is 0 Å². The summed E-state index contributed by atoms with van der Waals surface area (Å²) in [5.74, 6) is 0.116. The first-order valence-corrected chi connectivity index (χ1v) is 6.61. The first-order chi connectivity index (χ1) is 9.25. The molecule has 3 rings (SSSR count). The fraction of sp³-hybridized carbons (Fsp3) is 0.333. The maximum atomic E-state index is 12.6. The molecule has 4 nitrogen and oxygen atoms in total. The molecule has 1 aliphatic heterocycles. The topological polar surface area (TPSA) is 45.2 Å². The number of carbonyl (C=O) groups excluding carboxylic acids is 1. The zero-order chi connectivity index (χ0) is 13.2. The molecule has 1 atom stereocenters. The Balaban J connectivity index is 1.97. The van der Waals surface area contributed by atoms with Crippen LogP contribution in [0.4, 0.5) is 0 Å². The molecule has 1 aromatic carbocycles. The third kappa shape index (κ3) is 2.31. The van der Waals surface area contributed by atoms with Crippen LogP contribution in [0.3, 0.4) is 0 Å². The van der Waals surface area contributed by atoms with Gasteiger partial charge in [-0.1, -0.05) is 12.1 Å². The Kier molecular flexibility index (Phi) is 3.17. The van der Waals surface area contributed by atoms with Gasteiger partial charge in [0, 0.05) is 49.0 Å². The van der Waals surface area contributed by atoms with Crippen molar-refractivity contribution >= 4 is 16.7 Å². The minimum absolute atomic E-state index is 0.116. The van der Waals surface area contributed by atoms with E-state index in [0.717, 1.165) is 36.0 Å². The summed E-state index contributed by atoms with van der Waals surface area (Å²) in [4.78, 5) is 18.7. The molecule has 1 N–H and O–H groups in total. The molecule has 0 radical (unpaired) electrons. The lowest BCUT2D eigenvalue weighted by Crippen LogP contribution is -2.51. The van der Waals surface area contributed by atoms with Crippen LogP contribution in [0.5, 0.6) is 0 Å². The number of carbonyl (C=O) groups is 1. The Labute approximate surface area is 112 Å². The smallest absolute Gasteiger partial charge is 0.254 e. The molecule has 1 saturated heterocycles. The lowest BCUT2D eigenvalue weighted by Gasteiger charge is -2.32. The number of nitrogens with zero attached hydrogens (tertiary/aromatic N) is 2. The Morgan fingerprint density at radius 1 is 1.42 bits per heavy atom. The monoisotopic (exact) mass is 255 g/mol. The highest BCUT2D eigenvalue weighted by atomic mass is 16.2. The van der Waals surface area contributed by atoms with E-state index in [4.69, 9.17) is 0 Å². The van der Waals surface area contributed by atoms with Crippen LogP contribution in [0.25, 0.3) is 10.8 Å². The lowest BCUT2D eigenvalue weighted by molar-refractivity contribution is 0.0711. The average Bonchev–Trinajstić information content (AvgIpc) is 2.46. The number of pyridine rings is 1. The van der Waals surface area contributed by atoms with Crippen molar-refractivity contribution in [1.82, 2.24) is 15.2 Å². The molecule has 1 fully saturated rings. The molecule has 0 aliphatic carbocycles. The number of benzene rings is 1. The fourth-order valence-corrected chi connectivity index (χ4v) is 2.60. The Morgan fingerprint density at radius 3 is 3.16 bits per heavy atom. The molecule has 0 saturated carbocycles. The number of hydrogen-bond donors (Lipinski definition) is 1. The summed E-state index contributed by atoms with van der Waals surface area (Å²) in [6.07, 6.45) is 3.53. The fourth-order valence-electron chi connectivity index (χ4n) is 2.60. The predicted octanol–water partition coefficient (Wildman–Crippen LogP) is 1.67. The standard InChI is InChI=1S/C15H17N3O/c1-11-10-18(8-7-17-11)15(19)14-4-2-3-12-9-16-6-5-13(12)14/h2-6,9,11,17H,7-8,10H2,1H3. The Bertz CT molecular complexity index is 606. The quantitative estimate of drug-likeness (QED) is 0.843. The molecular formula is C15H17N3O. The van der Waals surface area contributed by atoms with E-state index in [-0.39, 0.29) is 5.91 Å². The van der Waals surface area contributed by atoms with Crippen molar-refractivity contribution in [1.29, 1.82) is 0 Å². The largest absolute Gasteiger partial charge is 0.336 e. The van der Waals surface area contributed by atoms with Crippen molar-refractivity contribution in [2.24, 2.45) is 0 Å². The number of nitrogens with one attached hydrogen (secondary N) is 1. The highest BCUT2D eigenvalue weighted by Crippen LogP contribution is 2.19. The summed E-state index contributed by atoms with van der Waals surface area (Å²) >= 11 is 0. The van der Waals surface area contributed by atoms with Gasteiger partial charge in [0.1, 0.15) is 0 Å². The molecule has 0 spiro atoms. The number of amides is 1. The predicted molar refractivity (Wildman–Crippen MR) is 75.1 cm³/mol. The Hall–Kier alpha value is -1.94. The Morgan fingerprint density at radius 2 is 2.32 bits per heavy atom. The van der Waals surface area contributed by atoms with Gasteiger partial charge in [-0.2, -0.15) is 0 Å². The van der Waals surface area contributed by atoms with Crippen molar-refractivity contribution < 1.29 is 4.79 Å². The van der Waals surface area contributed by atoms with E-state index in [1.165, 1.54) is 0 Å². The second kappa shape index (κ2) is 4.97. The molecule has 2 aromatic rings. The second-order valence-corrected chi connectivity index (χ2v) is 5.01. The van der Waals surface area contributed by atoms with Crippen molar-refractivity contribution in [3.8, 4) is 0 Å². The maximum Gasteiger partial charge on any atom is 0.254 e. The van der Waals surface area contributed by atoms with Gasteiger partial charge in [0.15, 0.2) is 0 Å². The van der Waals surface area contributed by atoms with E-state index >= 15 is 0 Å². The summed E-state index contributed by atoms with van der Waals surface area (Å²) in [6, 6.07) is 8.07. The third-order valence-corrected chi connectivity index (χ3v) is 3.57. The summed E-state index contributed by atoms with van der Waals surface area (Å²) in [5.41, 5.74) is 0.772. The molecule has 1 unspecified atom stereocenters. The zero-order valence-corrected chi connectivity index (χ0v) is 11.0. The molecule has 1 aliphatic rings. The first-order valence-electron chi connectivity index (χ1n) is 6.61. The SMILES string of the molecule is CC1CN(C(=O)c2cccc3cnccc23)CCN1. The van der Waals surface area contributed by atoms with E-state index in [2.05, 4.69) is 17.2 Å². The van der Waals surface area contributed by atoms with Crippen LogP contribution in [0.2, 0.25) is 0 Å². The summed E-state index contributed by atoms with van der Waals surface area (Å²) in [6.45, 7) is 4.50. The molecule has 1 aromatic heterocycles. The summed E-state index contributed by atoms with van der Waals surface area (Å²) in [5, 5.41) is 5.34. The zero-order valence-electron chi connectivity index (χ0n) is 11.0. The van der Waals surface area contributed by atoms with Gasteiger partial charge >= 0.3 is 0 Å². The third-order valence-electron chi connectivity index (χ3n) is 3.57. The van der Waals surface area contributed by atoms with Crippen molar-refractivity contribution in [3.63, 3.8) is 0 Å². The van der Waals surface area contributed by atoms with Crippen LogP contribution in [-0.2, 0) is 0 Å². The van der Waals surface area contributed by atoms with Crippen LogP contribution in [0, 0.1) is 0 Å². The van der Waals surface area contributed by atoms with Gasteiger partial charge in [0.25, 0.3) is 5.91 Å². The van der Waals surface area contributed by atoms with E-state index in [0.29, 0.717) is 6.04 Å². The highest BCUT2D eigenvalue weighted by Gasteiger charge is 2.22. The average molecular weight is 255 g/mol. The van der Waals surface area contributed by atoms with E-state index in [9.17, 15) is 4.79 Å². The summed E-state index contributed by atoms with van der Waals surface area (Å²) < 4.78 is 0. The van der Waals surface area contributed by atoms with Crippen LogP contribution in [0.1, 0.15) is 17.3 Å². The van der Waals surface area contributed by atoms with Crippen molar-refractivity contribution in [3.05, 3.63) is 42.2 Å². The van der Waals surface area contributed by atoms with Gasteiger partial charge in [0.2, 0.25) is 0 Å².